The standard InChI is InChI=1S/C12H19BrN2O2S/c1-8-12(13)9(2)15(14-8)10-5-4-6-11(7-10)18(3,16)17/h10-11H,4-7H2,1-3H3. The highest BCUT2D eigenvalue weighted by atomic mass is 79.9. The van der Waals surface area contributed by atoms with E-state index in [1.807, 2.05) is 18.5 Å². The monoisotopic (exact) mass is 334 g/mol. The molecule has 2 unspecified atom stereocenters. The van der Waals surface area contributed by atoms with E-state index >= 15 is 0 Å². The van der Waals surface area contributed by atoms with Crippen LogP contribution in [-0.2, 0) is 9.84 Å². The number of aromatic nitrogens is 2. The van der Waals surface area contributed by atoms with Crippen LogP contribution >= 0.6 is 15.9 Å². The van der Waals surface area contributed by atoms with Crippen LogP contribution in [0.4, 0.5) is 0 Å². The molecule has 2 rings (SSSR count). The van der Waals surface area contributed by atoms with Gasteiger partial charge >= 0.3 is 0 Å². The summed E-state index contributed by atoms with van der Waals surface area (Å²) in [4.78, 5) is 0. The van der Waals surface area contributed by atoms with Gasteiger partial charge in [-0.15, -0.1) is 0 Å². The fourth-order valence-electron chi connectivity index (χ4n) is 2.73. The molecule has 0 bridgehead atoms. The molecule has 1 fully saturated rings. The van der Waals surface area contributed by atoms with Crippen LogP contribution in [0.3, 0.4) is 0 Å². The molecule has 0 N–H and O–H groups in total. The number of nitrogens with zero attached hydrogens (tertiary/aromatic N) is 2. The average Bonchev–Trinajstić information content (AvgIpc) is 2.56. The summed E-state index contributed by atoms with van der Waals surface area (Å²) < 4.78 is 26.4. The zero-order chi connectivity index (χ0) is 13.5. The maximum absolute atomic E-state index is 11.7. The SMILES string of the molecule is Cc1nn(C2CCCC(S(C)(=O)=O)C2)c(C)c1Br. The van der Waals surface area contributed by atoms with E-state index in [0.717, 1.165) is 35.1 Å². The minimum Gasteiger partial charge on any atom is -0.265 e. The number of aryl methyl sites for hydroxylation is 1. The molecule has 0 saturated heterocycles. The summed E-state index contributed by atoms with van der Waals surface area (Å²) in [5.41, 5.74) is 2.06. The van der Waals surface area contributed by atoms with Crippen molar-refractivity contribution in [3.05, 3.63) is 15.9 Å². The second kappa shape index (κ2) is 4.96. The molecule has 0 amide bonds. The van der Waals surface area contributed by atoms with Crippen molar-refractivity contribution in [1.29, 1.82) is 0 Å². The first-order valence-corrected chi connectivity index (χ1v) is 8.95. The van der Waals surface area contributed by atoms with Crippen molar-refractivity contribution in [2.75, 3.05) is 6.26 Å². The molecule has 1 aromatic heterocycles. The van der Waals surface area contributed by atoms with Gasteiger partial charge in [-0.05, 0) is 49.0 Å². The molecule has 0 radical (unpaired) electrons. The van der Waals surface area contributed by atoms with Crippen molar-refractivity contribution in [1.82, 2.24) is 9.78 Å². The zero-order valence-electron chi connectivity index (χ0n) is 11.0. The van der Waals surface area contributed by atoms with Crippen molar-refractivity contribution < 1.29 is 8.42 Å². The average molecular weight is 335 g/mol. The van der Waals surface area contributed by atoms with Gasteiger partial charge in [0.05, 0.1) is 27.2 Å². The van der Waals surface area contributed by atoms with Crippen molar-refractivity contribution in [2.24, 2.45) is 0 Å². The van der Waals surface area contributed by atoms with Gasteiger partial charge < -0.3 is 0 Å². The smallest absolute Gasteiger partial charge is 0.150 e. The number of halogens is 1. The summed E-state index contributed by atoms with van der Waals surface area (Å²) in [7, 11) is -2.94. The minimum absolute atomic E-state index is 0.209. The van der Waals surface area contributed by atoms with Crippen molar-refractivity contribution in [3.63, 3.8) is 0 Å². The molecule has 18 heavy (non-hydrogen) atoms. The molecule has 1 saturated carbocycles. The van der Waals surface area contributed by atoms with Crippen LogP contribution in [0.2, 0.25) is 0 Å². The summed E-state index contributed by atoms with van der Waals surface area (Å²) in [5, 5.41) is 4.32. The predicted molar refractivity (Wildman–Crippen MR) is 75.5 cm³/mol. The normalized spacial score (nSPS) is 25.3. The van der Waals surface area contributed by atoms with Gasteiger partial charge in [0.2, 0.25) is 0 Å². The highest BCUT2D eigenvalue weighted by molar-refractivity contribution is 9.10. The zero-order valence-corrected chi connectivity index (χ0v) is 13.4. The molecule has 0 aliphatic heterocycles. The van der Waals surface area contributed by atoms with Gasteiger partial charge in [-0.3, -0.25) is 4.68 Å². The second-order valence-electron chi connectivity index (χ2n) is 5.20. The molecule has 1 heterocycles. The molecular weight excluding hydrogens is 316 g/mol. The fraction of sp³-hybridized carbons (Fsp3) is 0.750. The molecule has 2 atom stereocenters. The Morgan fingerprint density at radius 2 is 2.00 bits per heavy atom. The molecular formula is C12H19BrN2O2S. The van der Waals surface area contributed by atoms with E-state index in [9.17, 15) is 8.42 Å². The Hall–Kier alpha value is -0.360. The van der Waals surface area contributed by atoms with Gasteiger partial charge in [-0.2, -0.15) is 5.10 Å². The van der Waals surface area contributed by atoms with E-state index in [1.165, 1.54) is 6.26 Å². The third-order valence-electron chi connectivity index (χ3n) is 3.79. The van der Waals surface area contributed by atoms with E-state index in [4.69, 9.17) is 0 Å². The Morgan fingerprint density at radius 3 is 2.50 bits per heavy atom. The molecule has 0 spiro atoms. The van der Waals surface area contributed by atoms with Crippen LogP contribution in [0.1, 0.15) is 43.1 Å². The molecule has 4 nitrogen and oxygen atoms in total. The topological polar surface area (TPSA) is 52.0 Å². The van der Waals surface area contributed by atoms with Crippen molar-refractivity contribution >= 4 is 25.8 Å². The van der Waals surface area contributed by atoms with Gasteiger partial charge in [0.25, 0.3) is 0 Å². The summed E-state index contributed by atoms with van der Waals surface area (Å²) in [6, 6.07) is 0.212. The first-order valence-electron chi connectivity index (χ1n) is 6.20. The lowest BCUT2D eigenvalue weighted by molar-refractivity contribution is 0.324. The van der Waals surface area contributed by atoms with Gasteiger partial charge in [0.15, 0.2) is 0 Å². The van der Waals surface area contributed by atoms with Crippen LogP contribution in [0, 0.1) is 13.8 Å². The van der Waals surface area contributed by atoms with Gasteiger partial charge in [0, 0.05) is 6.26 Å². The summed E-state index contributed by atoms with van der Waals surface area (Å²) in [5.74, 6) is 0. The Morgan fingerprint density at radius 1 is 1.33 bits per heavy atom. The second-order valence-corrected chi connectivity index (χ2v) is 8.32. The van der Waals surface area contributed by atoms with Crippen molar-refractivity contribution in [3.8, 4) is 0 Å². The fourth-order valence-corrected chi connectivity index (χ4v) is 4.16. The molecule has 102 valence electrons. The van der Waals surface area contributed by atoms with Gasteiger partial charge in [-0.25, -0.2) is 8.42 Å². The highest BCUT2D eigenvalue weighted by Gasteiger charge is 2.31. The summed E-state index contributed by atoms with van der Waals surface area (Å²) in [6.45, 7) is 3.98. The lowest BCUT2D eigenvalue weighted by Crippen LogP contribution is -2.29. The quantitative estimate of drug-likeness (QED) is 0.835. The van der Waals surface area contributed by atoms with Crippen molar-refractivity contribution in [2.45, 2.75) is 50.8 Å². The number of rotatable bonds is 2. The summed E-state index contributed by atoms with van der Waals surface area (Å²) >= 11 is 3.52. The molecule has 1 aliphatic carbocycles. The Bertz CT molecular complexity index is 551. The van der Waals surface area contributed by atoms with Crippen LogP contribution in [0.5, 0.6) is 0 Å². The Kier molecular flexibility index (Phi) is 3.88. The molecule has 6 heteroatoms. The van der Waals surface area contributed by atoms with E-state index < -0.39 is 9.84 Å². The third-order valence-corrected chi connectivity index (χ3v) is 6.57. The van der Waals surface area contributed by atoms with E-state index in [1.54, 1.807) is 0 Å². The molecule has 1 aromatic rings. The van der Waals surface area contributed by atoms with Crippen LogP contribution in [-0.4, -0.2) is 29.7 Å². The number of hydrogen-bond donors (Lipinski definition) is 0. The van der Waals surface area contributed by atoms with Crippen LogP contribution in [0.15, 0.2) is 4.47 Å². The van der Waals surface area contributed by atoms with E-state index in [-0.39, 0.29) is 11.3 Å². The minimum atomic E-state index is -2.94. The molecule has 1 aliphatic rings. The van der Waals surface area contributed by atoms with Crippen LogP contribution in [0.25, 0.3) is 0 Å². The van der Waals surface area contributed by atoms with Crippen LogP contribution < -0.4 is 0 Å². The predicted octanol–water partition coefficient (Wildman–Crippen LogP) is 2.79. The molecule has 0 aromatic carbocycles. The number of hydrogen-bond acceptors (Lipinski definition) is 3. The first-order chi connectivity index (χ1) is 8.30. The maximum Gasteiger partial charge on any atom is 0.150 e. The first kappa shape index (κ1) is 14.1. The highest BCUT2D eigenvalue weighted by Crippen LogP contribution is 2.34. The van der Waals surface area contributed by atoms with E-state index in [2.05, 4.69) is 21.0 Å². The largest absolute Gasteiger partial charge is 0.265 e. The van der Waals surface area contributed by atoms with Gasteiger partial charge in [-0.1, -0.05) is 6.42 Å². The summed E-state index contributed by atoms with van der Waals surface area (Å²) in [6.07, 6.45) is 4.79. The van der Waals surface area contributed by atoms with E-state index in [0.29, 0.717) is 6.42 Å². The number of sulfone groups is 1. The lowest BCUT2D eigenvalue weighted by atomic mass is 9.95. The van der Waals surface area contributed by atoms with Gasteiger partial charge in [0.1, 0.15) is 9.84 Å². The maximum atomic E-state index is 11.7. The Labute approximate surface area is 117 Å². The Balaban J connectivity index is 2.26. The lowest BCUT2D eigenvalue weighted by Gasteiger charge is -2.29. The third kappa shape index (κ3) is 2.64.